The Bertz CT molecular complexity index is 552. The van der Waals surface area contributed by atoms with Crippen LogP contribution in [-0.4, -0.2) is 25.2 Å². The summed E-state index contributed by atoms with van der Waals surface area (Å²) in [5.74, 6) is 0.206. The van der Waals surface area contributed by atoms with E-state index in [0.717, 1.165) is 11.3 Å². The molecule has 4 nitrogen and oxygen atoms in total. The van der Waals surface area contributed by atoms with Crippen molar-refractivity contribution in [1.29, 1.82) is 0 Å². The Morgan fingerprint density at radius 3 is 2.61 bits per heavy atom. The number of ether oxygens (including phenoxy) is 2. The smallest absolute Gasteiger partial charge is 0.337 e. The van der Waals surface area contributed by atoms with Crippen LogP contribution in [0.1, 0.15) is 10.4 Å². The molecular weight excluding hydrogens is 230 g/mol. The Hall–Kier alpha value is -2.36. The van der Waals surface area contributed by atoms with Crippen LogP contribution < -0.4 is 4.74 Å². The number of hydrogen-bond donors (Lipinski definition) is 0. The van der Waals surface area contributed by atoms with Crippen molar-refractivity contribution in [3.63, 3.8) is 0 Å². The number of hydrogen-bond acceptors (Lipinski definition) is 4. The van der Waals surface area contributed by atoms with E-state index >= 15 is 0 Å². The molecule has 0 saturated heterocycles. The van der Waals surface area contributed by atoms with Crippen molar-refractivity contribution in [3.8, 4) is 17.0 Å². The average molecular weight is 243 g/mol. The average Bonchev–Trinajstić information content (AvgIpc) is 2.46. The molecule has 0 amide bonds. The fourth-order valence-corrected chi connectivity index (χ4v) is 1.67. The van der Waals surface area contributed by atoms with Crippen LogP contribution in [0.2, 0.25) is 0 Å². The van der Waals surface area contributed by atoms with Crippen molar-refractivity contribution in [2.75, 3.05) is 14.2 Å². The molecule has 1 aromatic carbocycles. The summed E-state index contributed by atoms with van der Waals surface area (Å²) in [6.07, 6.45) is 1.71. The molecule has 0 spiro atoms. The van der Waals surface area contributed by atoms with Gasteiger partial charge in [-0.15, -0.1) is 0 Å². The first kappa shape index (κ1) is 12.1. The molecule has 0 aliphatic rings. The molecule has 1 heterocycles. The van der Waals surface area contributed by atoms with E-state index < -0.39 is 0 Å². The number of carbonyl (C=O) groups is 1. The zero-order valence-corrected chi connectivity index (χ0v) is 10.2. The number of methoxy groups -OCH3 is 2. The topological polar surface area (TPSA) is 48.4 Å². The highest BCUT2D eigenvalue weighted by molar-refractivity contribution is 5.91. The third-order valence-electron chi connectivity index (χ3n) is 2.56. The van der Waals surface area contributed by atoms with Crippen molar-refractivity contribution >= 4 is 5.97 Å². The van der Waals surface area contributed by atoms with E-state index in [9.17, 15) is 4.79 Å². The highest BCUT2D eigenvalue weighted by Gasteiger charge is 2.11. The number of pyridine rings is 1. The lowest BCUT2D eigenvalue weighted by molar-refractivity contribution is 0.0600. The van der Waals surface area contributed by atoms with E-state index in [1.54, 1.807) is 31.5 Å². The molecule has 0 N–H and O–H groups in total. The normalized spacial score (nSPS) is 9.89. The van der Waals surface area contributed by atoms with Gasteiger partial charge in [0.2, 0.25) is 0 Å². The summed E-state index contributed by atoms with van der Waals surface area (Å²) >= 11 is 0. The number of carbonyl (C=O) groups excluding carboxylic acids is 1. The lowest BCUT2D eigenvalue weighted by atomic mass is 10.1. The van der Waals surface area contributed by atoms with Gasteiger partial charge in [0.25, 0.3) is 0 Å². The molecule has 0 aliphatic heterocycles. The maximum atomic E-state index is 11.4. The summed E-state index contributed by atoms with van der Waals surface area (Å²) in [6, 6.07) is 10.8. The first-order chi connectivity index (χ1) is 8.76. The third kappa shape index (κ3) is 2.32. The number of aromatic nitrogens is 1. The van der Waals surface area contributed by atoms with Crippen LogP contribution in [0.3, 0.4) is 0 Å². The van der Waals surface area contributed by atoms with Crippen LogP contribution in [0.25, 0.3) is 11.3 Å². The van der Waals surface area contributed by atoms with Crippen LogP contribution in [0, 0.1) is 0 Å². The number of rotatable bonds is 3. The first-order valence-corrected chi connectivity index (χ1v) is 5.44. The Balaban J connectivity index is 2.47. The van der Waals surface area contributed by atoms with Crippen molar-refractivity contribution in [1.82, 2.24) is 4.98 Å². The van der Waals surface area contributed by atoms with Crippen molar-refractivity contribution in [2.24, 2.45) is 0 Å². The summed E-state index contributed by atoms with van der Waals surface area (Å²) in [6.45, 7) is 0. The molecule has 0 saturated carbocycles. The molecule has 0 atom stereocenters. The fourth-order valence-electron chi connectivity index (χ4n) is 1.67. The molecule has 0 aliphatic carbocycles. The quantitative estimate of drug-likeness (QED) is 0.777. The Labute approximate surface area is 105 Å². The monoisotopic (exact) mass is 243 g/mol. The van der Waals surface area contributed by atoms with Gasteiger partial charge in [0.15, 0.2) is 0 Å². The van der Waals surface area contributed by atoms with Gasteiger partial charge < -0.3 is 9.47 Å². The first-order valence-electron chi connectivity index (χ1n) is 5.44. The zero-order valence-electron chi connectivity index (χ0n) is 10.2. The van der Waals surface area contributed by atoms with Crippen molar-refractivity contribution < 1.29 is 14.3 Å². The summed E-state index contributed by atoms with van der Waals surface area (Å²) in [7, 11) is 2.91. The van der Waals surface area contributed by atoms with Gasteiger partial charge in [0.05, 0.1) is 25.5 Å². The Morgan fingerprint density at radius 1 is 1.17 bits per heavy atom. The van der Waals surface area contributed by atoms with E-state index in [4.69, 9.17) is 4.74 Å². The highest BCUT2D eigenvalue weighted by Crippen LogP contribution is 2.29. The molecule has 1 aromatic heterocycles. The van der Waals surface area contributed by atoms with Crippen LogP contribution >= 0.6 is 0 Å². The molecule has 0 fully saturated rings. The molecule has 2 aromatic rings. The molecule has 18 heavy (non-hydrogen) atoms. The number of nitrogens with zero attached hydrogens (tertiary/aromatic N) is 1. The molecule has 4 heteroatoms. The Morgan fingerprint density at radius 2 is 2.00 bits per heavy atom. The number of esters is 1. The SMILES string of the molecule is COC(=O)c1ccc(-c2ccccn2)c(OC)c1. The lowest BCUT2D eigenvalue weighted by Crippen LogP contribution is -2.02. The summed E-state index contributed by atoms with van der Waals surface area (Å²) in [5.41, 5.74) is 2.09. The second kappa shape index (κ2) is 5.31. The van der Waals surface area contributed by atoms with Crippen LogP contribution in [0.15, 0.2) is 42.6 Å². The van der Waals surface area contributed by atoms with Gasteiger partial charge in [-0.3, -0.25) is 4.98 Å². The van der Waals surface area contributed by atoms with Crippen molar-refractivity contribution in [3.05, 3.63) is 48.2 Å². The predicted molar refractivity (Wildman–Crippen MR) is 67.6 cm³/mol. The third-order valence-corrected chi connectivity index (χ3v) is 2.56. The summed E-state index contributed by atoms with van der Waals surface area (Å²) in [4.78, 5) is 15.7. The Kier molecular flexibility index (Phi) is 3.57. The van der Waals surface area contributed by atoms with Gasteiger partial charge in [-0.25, -0.2) is 4.79 Å². The maximum absolute atomic E-state index is 11.4. The minimum absolute atomic E-state index is 0.388. The second-order valence-corrected chi connectivity index (χ2v) is 3.62. The van der Waals surface area contributed by atoms with Crippen LogP contribution in [-0.2, 0) is 4.74 Å². The van der Waals surface area contributed by atoms with Crippen LogP contribution in [0.5, 0.6) is 5.75 Å². The molecule has 0 unspecified atom stereocenters. The van der Waals surface area contributed by atoms with Gasteiger partial charge in [0, 0.05) is 11.8 Å². The largest absolute Gasteiger partial charge is 0.496 e. The van der Waals surface area contributed by atoms with Gasteiger partial charge in [0.1, 0.15) is 5.75 Å². The summed E-state index contributed by atoms with van der Waals surface area (Å²) < 4.78 is 9.96. The van der Waals surface area contributed by atoms with E-state index in [2.05, 4.69) is 9.72 Å². The van der Waals surface area contributed by atoms with E-state index in [1.165, 1.54) is 7.11 Å². The molecular formula is C14H13NO3. The summed E-state index contributed by atoms with van der Waals surface area (Å²) in [5, 5.41) is 0. The molecule has 0 radical (unpaired) electrons. The predicted octanol–water partition coefficient (Wildman–Crippen LogP) is 2.54. The lowest BCUT2D eigenvalue weighted by Gasteiger charge is -2.09. The second-order valence-electron chi connectivity index (χ2n) is 3.62. The van der Waals surface area contributed by atoms with Crippen molar-refractivity contribution in [2.45, 2.75) is 0 Å². The minimum Gasteiger partial charge on any atom is -0.496 e. The molecule has 0 bridgehead atoms. The van der Waals surface area contributed by atoms with Gasteiger partial charge in [-0.2, -0.15) is 0 Å². The van der Waals surface area contributed by atoms with Gasteiger partial charge in [-0.1, -0.05) is 6.07 Å². The standard InChI is InChI=1S/C14H13NO3/c1-17-13-9-10(14(16)18-2)6-7-11(13)12-5-3-4-8-15-12/h3-9H,1-2H3. The fraction of sp³-hybridized carbons (Fsp3) is 0.143. The maximum Gasteiger partial charge on any atom is 0.337 e. The zero-order chi connectivity index (χ0) is 13.0. The van der Waals surface area contributed by atoms with E-state index in [1.807, 2.05) is 18.2 Å². The van der Waals surface area contributed by atoms with Crippen LogP contribution in [0.4, 0.5) is 0 Å². The van der Waals surface area contributed by atoms with E-state index in [-0.39, 0.29) is 5.97 Å². The highest BCUT2D eigenvalue weighted by atomic mass is 16.5. The van der Waals surface area contributed by atoms with Gasteiger partial charge >= 0.3 is 5.97 Å². The van der Waals surface area contributed by atoms with Gasteiger partial charge in [-0.05, 0) is 30.3 Å². The van der Waals surface area contributed by atoms with E-state index in [0.29, 0.717) is 11.3 Å². The molecule has 2 rings (SSSR count). The number of benzene rings is 1. The molecule has 92 valence electrons. The minimum atomic E-state index is -0.388.